The number of pyridine rings is 2. The smallest absolute Gasteiger partial charge is 0.407 e. The fraction of sp³-hybridized carbons (Fsp3) is 0.379. The van der Waals surface area contributed by atoms with Crippen LogP contribution in [0.3, 0.4) is 0 Å². The van der Waals surface area contributed by atoms with Crippen LogP contribution in [-0.4, -0.2) is 107 Å². The number of anilines is 2. The zero-order valence-corrected chi connectivity index (χ0v) is 47.4. The number of piperidine rings is 2. The number of halogens is 2. The van der Waals surface area contributed by atoms with Crippen LogP contribution in [0.5, 0.6) is 0 Å². The highest BCUT2D eigenvalue weighted by Gasteiger charge is 2.32. The van der Waals surface area contributed by atoms with E-state index in [0.29, 0.717) is 105 Å². The van der Waals surface area contributed by atoms with E-state index < -0.39 is 35.3 Å². The molecule has 8 aromatic rings. The van der Waals surface area contributed by atoms with Gasteiger partial charge in [0, 0.05) is 78.7 Å². The highest BCUT2D eigenvalue weighted by atomic mass is 35.5. The molecular formula is C58H65Cl2N11O9. The number of hydrogen-bond donors (Lipinski definition) is 4. The maximum absolute atomic E-state index is 13.8. The molecule has 2 saturated heterocycles. The van der Waals surface area contributed by atoms with Crippen molar-refractivity contribution in [2.24, 2.45) is 19.8 Å². The Labute approximate surface area is 471 Å². The van der Waals surface area contributed by atoms with E-state index in [1.54, 1.807) is 44.4 Å². The fourth-order valence-corrected chi connectivity index (χ4v) is 10.8. The Morgan fingerprint density at radius 1 is 0.637 bits per heavy atom. The topological polar surface area (TPSA) is 243 Å². The maximum atomic E-state index is 13.8. The molecule has 6 heterocycles. The Morgan fingerprint density at radius 3 is 1.43 bits per heavy atom. The molecule has 0 unspecified atom stereocenters. The normalized spacial score (nSPS) is 15.9. The van der Waals surface area contributed by atoms with Gasteiger partial charge >= 0.3 is 18.2 Å². The molecule has 20 nitrogen and oxygen atoms in total. The van der Waals surface area contributed by atoms with Gasteiger partial charge in [0.2, 0.25) is 17.8 Å². The van der Waals surface area contributed by atoms with E-state index in [9.17, 15) is 33.9 Å². The van der Waals surface area contributed by atoms with Crippen molar-refractivity contribution in [1.29, 1.82) is 0 Å². The number of ether oxygens (including phenoxy) is 2. The molecule has 2 atom stereocenters. The van der Waals surface area contributed by atoms with E-state index >= 15 is 0 Å². The second kappa shape index (κ2) is 22.6. The highest BCUT2D eigenvalue weighted by molar-refractivity contribution is 6.31. The Bertz CT molecular complexity index is 3620. The second-order valence-electron chi connectivity index (χ2n) is 22.3. The van der Waals surface area contributed by atoms with E-state index in [1.165, 1.54) is 21.3 Å². The lowest BCUT2D eigenvalue weighted by Crippen LogP contribution is -2.49. The molecule has 3 amide bonds. The molecule has 0 bridgehead atoms. The molecule has 2 aliphatic heterocycles. The summed E-state index contributed by atoms with van der Waals surface area (Å²) in [5.41, 5.74) is 8.70. The number of carbonyl (C=O) groups excluding carboxylic acids is 3. The first kappa shape index (κ1) is 56.6. The number of aromatic nitrogens is 6. The van der Waals surface area contributed by atoms with E-state index in [2.05, 4.69) is 20.4 Å². The van der Waals surface area contributed by atoms with Crippen LogP contribution in [0, 0.1) is 0 Å². The molecule has 4 aromatic carbocycles. The molecule has 10 rings (SSSR count). The van der Waals surface area contributed by atoms with Crippen LogP contribution in [0.15, 0.2) is 94.5 Å². The quantitative estimate of drug-likeness (QED) is 0.100. The standard InChI is InChI=1S/C29H33ClN6O4.C29H32ClN5O5/c1-29(2,3)40-28(39)32-19-9-7-13-35(16-19)27-33-23-20-12-11-17(25(31)37)14-22(20)34(4)26(38)24(23)36(27)15-18-8-5-6-10-21(18)30;1-29(2,3)40-28(39)31-19-9-7-13-34(16-19)27-32-23-20-12-11-17(26(37)38)14-22(20)33(4)25(36)24(23)35(27)15-18-8-5-6-10-21(18)30/h5-6,8,10-12,14,19H,7,9,13,15-16H2,1-4H3,(H2,31,37)(H,32,39);5-6,8,10-12,14,19H,7,9,13,15-16H2,1-4H3,(H,31,39)(H,37,38)/t2*19-/m11/s1. The number of aryl methyl sites for hydroxylation is 2. The summed E-state index contributed by atoms with van der Waals surface area (Å²) in [5.74, 6) is -0.459. The number of carboxylic acid groups (broad SMARTS) is 1. The Kier molecular flexibility index (Phi) is 16.0. The van der Waals surface area contributed by atoms with Crippen molar-refractivity contribution < 1.29 is 33.8 Å². The number of alkyl carbamates (subject to hydrolysis) is 2. The van der Waals surface area contributed by atoms with Crippen LogP contribution in [0.25, 0.3) is 43.9 Å². The van der Waals surface area contributed by atoms with Crippen molar-refractivity contribution in [1.82, 2.24) is 38.9 Å². The first-order valence-corrected chi connectivity index (χ1v) is 27.2. The fourth-order valence-electron chi connectivity index (χ4n) is 10.4. The number of benzene rings is 4. The third-order valence-electron chi connectivity index (χ3n) is 14.1. The molecule has 2 fully saturated rings. The minimum Gasteiger partial charge on any atom is -0.478 e. The zero-order valence-electron chi connectivity index (χ0n) is 45.9. The first-order valence-electron chi connectivity index (χ1n) is 26.4. The van der Waals surface area contributed by atoms with Gasteiger partial charge in [-0.25, -0.2) is 24.4 Å². The molecular weight excluding hydrogens is 1070 g/mol. The third-order valence-corrected chi connectivity index (χ3v) is 14.8. The predicted molar refractivity (Wildman–Crippen MR) is 311 cm³/mol. The molecule has 2 aliphatic rings. The van der Waals surface area contributed by atoms with Gasteiger partial charge in [-0.15, -0.1) is 0 Å². The molecule has 0 spiro atoms. The molecule has 22 heteroatoms. The van der Waals surface area contributed by atoms with Crippen molar-refractivity contribution in [3.63, 3.8) is 0 Å². The Hall–Kier alpha value is -8.10. The number of aromatic carboxylic acids is 1. The number of carboxylic acids is 1. The highest BCUT2D eigenvalue weighted by Crippen LogP contribution is 2.33. The van der Waals surface area contributed by atoms with Crippen molar-refractivity contribution in [3.05, 3.63) is 138 Å². The molecule has 0 radical (unpaired) electrons. The second-order valence-corrected chi connectivity index (χ2v) is 23.1. The molecule has 4 aromatic heterocycles. The number of fused-ring (bicyclic) bond motifs is 6. The summed E-state index contributed by atoms with van der Waals surface area (Å²) < 4.78 is 17.7. The number of imidazole rings is 2. The monoisotopic (exact) mass is 1130 g/mol. The van der Waals surface area contributed by atoms with E-state index in [-0.39, 0.29) is 28.8 Å². The zero-order chi connectivity index (χ0) is 57.5. The van der Waals surface area contributed by atoms with Crippen LogP contribution < -0.4 is 37.3 Å². The third kappa shape index (κ3) is 12.1. The number of nitrogens with one attached hydrogen (secondary N) is 2. The SMILES string of the molecule is Cn1c(=O)c2c(nc(N3CCC[C@@H](NC(=O)OC(C)(C)C)C3)n2Cc2ccccc2Cl)c2ccc(C(=O)O)cc21.Cn1c(=O)c2c(nc(N3CCC[C@@H](NC(=O)OC(C)(C)C)C3)n2Cc2ccccc2Cl)c2ccc(C(N)=O)cc21. The number of nitrogens with zero attached hydrogens (tertiary/aromatic N) is 8. The van der Waals surface area contributed by atoms with Crippen LogP contribution in [0.4, 0.5) is 21.5 Å². The number of primary amides is 1. The van der Waals surface area contributed by atoms with Gasteiger partial charge in [0.1, 0.15) is 33.3 Å². The van der Waals surface area contributed by atoms with Crippen molar-refractivity contribution in [2.75, 3.05) is 36.0 Å². The van der Waals surface area contributed by atoms with E-state index in [0.717, 1.165) is 42.2 Å². The van der Waals surface area contributed by atoms with Gasteiger partial charge in [0.05, 0.1) is 29.7 Å². The number of amides is 3. The Morgan fingerprint density at radius 2 is 1.04 bits per heavy atom. The average molecular weight is 1130 g/mol. The molecule has 420 valence electrons. The van der Waals surface area contributed by atoms with Gasteiger partial charge in [-0.1, -0.05) is 59.6 Å². The van der Waals surface area contributed by atoms with E-state index in [1.807, 2.05) is 93.1 Å². The maximum Gasteiger partial charge on any atom is 0.407 e. The minimum absolute atomic E-state index is 0.0877. The summed E-state index contributed by atoms with van der Waals surface area (Å²) in [6.07, 6.45) is 2.25. The van der Waals surface area contributed by atoms with Crippen LogP contribution in [0.2, 0.25) is 10.0 Å². The van der Waals surface area contributed by atoms with Crippen LogP contribution in [0.1, 0.15) is 99.1 Å². The lowest BCUT2D eigenvalue weighted by molar-refractivity contribution is 0.0488. The summed E-state index contributed by atoms with van der Waals surface area (Å²) in [4.78, 5) is 90.2. The average Bonchev–Trinajstić information content (AvgIpc) is 4.13. The van der Waals surface area contributed by atoms with Gasteiger partial charge in [0.15, 0.2) is 0 Å². The summed E-state index contributed by atoms with van der Waals surface area (Å²) in [6.45, 7) is 13.9. The van der Waals surface area contributed by atoms with Crippen molar-refractivity contribution in [3.8, 4) is 0 Å². The molecule has 0 aliphatic carbocycles. The van der Waals surface area contributed by atoms with Crippen molar-refractivity contribution >= 4 is 103 Å². The van der Waals surface area contributed by atoms with Gasteiger partial charge in [0.25, 0.3) is 11.1 Å². The summed E-state index contributed by atoms with van der Waals surface area (Å²) in [5, 5.41) is 18.0. The van der Waals surface area contributed by atoms with Crippen LogP contribution in [-0.2, 0) is 36.7 Å². The summed E-state index contributed by atoms with van der Waals surface area (Å²) >= 11 is 13.1. The molecule has 80 heavy (non-hydrogen) atoms. The van der Waals surface area contributed by atoms with Gasteiger partial charge in [-0.3, -0.25) is 14.4 Å². The predicted octanol–water partition coefficient (Wildman–Crippen LogP) is 8.96. The lowest BCUT2D eigenvalue weighted by Gasteiger charge is -2.34. The molecule has 5 N–H and O–H groups in total. The lowest BCUT2D eigenvalue weighted by atomic mass is 10.1. The minimum atomic E-state index is -1.07. The molecule has 0 saturated carbocycles. The van der Waals surface area contributed by atoms with Gasteiger partial charge in [-0.05, 0) is 127 Å². The largest absolute Gasteiger partial charge is 0.478 e. The summed E-state index contributed by atoms with van der Waals surface area (Å²) in [7, 11) is 3.30. The first-order chi connectivity index (χ1) is 37.8. The number of hydrogen-bond acceptors (Lipinski definition) is 12. The van der Waals surface area contributed by atoms with Gasteiger partial charge in [-0.2, -0.15) is 0 Å². The van der Waals surface area contributed by atoms with Crippen molar-refractivity contribution in [2.45, 2.75) is 104 Å². The number of carbonyl (C=O) groups is 4. The number of nitrogens with two attached hydrogens (primary N) is 1. The Balaban J connectivity index is 0.000000194. The number of rotatable bonds is 10. The summed E-state index contributed by atoms with van der Waals surface area (Å²) in [6, 6.07) is 24.4. The van der Waals surface area contributed by atoms with E-state index in [4.69, 9.17) is 48.4 Å². The van der Waals surface area contributed by atoms with Crippen LogP contribution >= 0.6 is 23.2 Å². The van der Waals surface area contributed by atoms with Gasteiger partial charge < -0.3 is 59.0 Å².